The van der Waals surface area contributed by atoms with Crippen LogP contribution in [0.2, 0.25) is 0 Å². The zero-order chi connectivity index (χ0) is 22.4. The lowest BCUT2D eigenvalue weighted by atomic mass is 10.0. The third-order valence-electron chi connectivity index (χ3n) is 4.60. The highest BCUT2D eigenvalue weighted by Crippen LogP contribution is 2.37. The minimum atomic E-state index is -4.67. The van der Waals surface area contributed by atoms with Gasteiger partial charge in [-0.15, -0.1) is 0 Å². The van der Waals surface area contributed by atoms with Gasteiger partial charge < -0.3 is 25.2 Å². The first kappa shape index (κ1) is 22.9. The van der Waals surface area contributed by atoms with E-state index in [4.69, 9.17) is 15.5 Å². The van der Waals surface area contributed by atoms with Gasteiger partial charge in [-0.3, -0.25) is 4.52 Å². The number of nitrogens with zero attached hydrogens (tertiary/aromatic N) is 2. The molecular weight excluding hydrogens is 417 g/mol. The smallest absolute Gasteiger partial charge is 0.385 e. The maximum atomic E-state index is 11.2. The van der Waals surface area contributed by atoms with Crippen molar-refractivity contribution in [1.29, 1.82) is 0 Å². The largest absolute Gasteiger partial charge is 0.469 e. The zero-order valence-corrected chi connectivity index (χ0v) is 17.8. The van der Waals surface area contributed by atoms with Gasteiger partial charge in [0.25, 0.3) is 0 Å². The lowest BCUT2D eigenvalue weighted by Crippen LogP contribution is -2.17. The first-order valence-corrected chi connectivity index (χ1v) is 11.1. The predicted molar refractivity (Wildman–Crippen MR) is 117 cm³/mol. The van der Waals surface area contributed by atoms with Crippen LogP contribution < -0.4 is 5.73 Å². The first-order valence-electron chi connectivity index (χ1n) is 9.58. The molecular formula is C22H24N3O5P. The molecule has 0 unspecified atom stereocenters. The molecule has 0 fully saturated rings. The Balaban J connectivity index is 1.83. The zero-order valence-electron chi connectivity index (χ0n) is 16.9. The van der Waals surface area contributed by atoms with E-state index in [1.54, 1.807) is 17.7 Å². The van der Waals surface area contributed by atoms with Crippen molar-refractivity contribution in [3.63, 3.8) is 0 Å². The van der Waals surface area contributed by atoms with Gasteiger partial charge >= 0.3 is 7.82 Å². The van der Waals surface area contributed by atoms with Crippen LogP contribution in [0.25, 0.3) is 11.1 Å². The number of hydrogen-bond acceptors (Lipinski definition) is 5. The number of imidazole rings is 1. The Labute approximate surface area is 180 Å². The minimum Gasteiger partial charge on any atom is -0.385 e. The SMILES string of the molecule is C[C@H](O)c1nccn1[C@@H](C#Cc1ccc(-c2ccc(CN)cc2)cc1)COP(=O)(O)O. The van der Waals surface area contributed by atoms with Gasteiger partial charge in [-0.2, -0.15) is 0 Å². The highest BCUT2D eigenvalue weighted by Gasteiger charge is 2.21. The van der Waals surface area contributed by atoms with Crippen LogP contribution in [0.5, 0.6) is 0 Å². The number of nitrogens with two attached hydrogens (primary N) is 1. The molecule has 0 radical (unpaired) electrons. The van der Waals surface area contributed by atoms with Crippen LogP contribution in [0.1, 0.15) is 36.0 Å². The van der Waals surface area contributed by atoms with Gasteiger partial charge in [0.05, 0.1) is 6.61 Å². The second-order valence-electron chi connectivity index (χ2n) is 6.92. The Morgan fingerprint density at radius 3 is 2.29 bits per heavy atom. The molecule has 0 aliphatic heterocycles. The first-order chi connectivity index (χ1) is 14.8. The molecule has 8 nitrogen and oxygen atoms in total. The molecule has 0 saturated heterocycles. The van der Waals surface area contributed by atoms with Gasteiger partial charge in [-0.05, 0) is 35.7 Å². The molecule has 0 aliphatic carbocycles. The molecule has 9 heteroatoms. The fraction of sp³-hybridized carbons (Fsp3) is 0.227. The molecule has 31 heavy (non-hydrogen) atoms. The summed E-state index contributed by atoms with van der Waals surface area (Å²) < 4.78 is 17.4. The van der Waals surface area contributed by atoms with E-state index in [2.05, 4.69) is 21.3 Å². The van der Waals surface area contributed by atoms with E-state index in [0.717, 1.165) is 22.3 Å². The van der Waals surface area contributed by atoms with E-state index < -0.39 is 20.0 Å². The number of phosphoric acid groups is 1. The Bertz CT molecular complexity index is 1110. The van der Waals surface area contributed by atoms with E-state index in [9.17, 15) is 9.67 Å². The number of phosphoric ester groups is 1. The number of benzene rings is 2. The molecule has 0 bridgehead atoms. The average molecular weight is 441 g/mol. The summed E-state index contributed by atoms with van der Waals surface area (Å²) in [5.41, 5.74) is 9.51. The van der Waals surface area contributed by atoms with Crippen molar-refractivity contribution in [3.05, 3.63) is 77.9 Å². The van der Waals surface area contributed by atoms with Crippen molar-refractivity contribution in [2.24, 2.45) is 5.73 Å². The summed E-state index contributed by atoms with van der Waals surface area (Å²) >= 11 is 0. The summed E-state index contributed by atoms with van der Waals surface area (Å²) in [6.07, 6.45) is 2.19. The molecule has 1 heterocycles. The van der Waals surface area contributed by atoms with Crippen molar-refractivity contribution >= 4 is 7.82 Å². The molecule has 0 saturated carbocycles. The van der Waals surface area contributed by atoms with E-state index in [1.165, 1.54) is 6.20 Å². The Kier molecular flexibility index (Phi) is 7.42. The van der Waals surface area contributed by atoms with Crippen LogP contribution in [0.15, 0.2) is 60.9 Å². The Morgan fingerprint density at radius 2 is 1.74 bits per heavy atom. The van der Waals surface area contributed by atoms with Gasteiger partial charge in [-0.1, -0.05) is 48.2 Å². The molecule has 0 amide bonds. The maximum Gasteiger partial charge on any atom is 0.469 e. The van der Waals surface area contributed by atoms with Crippen molar-refractivity contribution < 1.29 is 24.0 Å². The lowest BCUT2D eigenvalue weighted by Gasteiger charge is -2.17. The molecule has 2 aromatic carbocycles. The fourth-order valence-electron chi connectivity index (χ4n) is 3.02. The molecule has 162 valence electrons. The molecule has 0 spiro atoms. The Hall–Kier alpha value is -2.76. The summed E-state index contributed by atoms with van der Waals surface area (Å²) in [5, 5.41) is 9.89. The van der Waals surface area contributed by atoms with Crippen LogP contribution >= 0.6 is 7.82 Å². The van der Waals surface area contributed by atoms with Crippen LogP contribution in [0.3, 0.4) is 0 Å². The number of hydrogen-bond donors (Lipinski definition) is 4. The summed E-state index contributed by atoms with van der Waals surface area (Å²) in [6.45, 7) is 1.68. The second-order valence-corrected chi connectivity index (χ2v) is 8.16. The summed E-state index contributed by atoms with van der Waals surface area (Å²) in [5.74, 6) is 6.29. The van der Waals surface area contributed by atoms with Crippen molar-refractivity contribution in [1.82, 2.24) is 9.55 Å². The van der Waals surface area contributed by atoms with E-state index in [-0.39, 0.29) is 6.61 Å². The molecule has 1 aromatic heterocycles. The molecule has 5 N–H and O–H groups in total. The van der Waals surface area contributed by atoms with Crippen LogP contribution in [-0.2, 0) is 15.6 Å². The van der Waals surface area contributed by atoms with Crippen LogP contribution in [0.4, 0.5) is 0 Å². The molecule has 3 rings (SSSR count). The summed E-state index contributed by atoms with van der Waals surface area (Å²) in [4.78, 5) is 22.2. The van der Waals surface area contributed by atoms with Gasteiger partial charge in [-0.25, -0.2) is 9.55 Å². The van der Waals surface area contributed by atoms with Crippen molar-refractivity contribution in [2.45, 2.75) is 25.6 Å². The monoisotopic (exact) mass is 441 g/mol. The number of aliphatic hydroxyl groups excluding tert-OH is 1. The number of aromatic nitrogens is 2. The highest BCUT2D eigenvalue weighted by atomic mass is 31.2. The fourth-order valence-corrected chi connectivity index (χ4v) is 3.35. The number of aliphatic hydroxyl groups is 1. The summed E-state index contributed by atoms with van der Waals surface area (Å²) in [6, 6.07) is 14.9. The molecule has 2 atom stereocenters. The average Bonchev–Trinajstić information content (AvgIpc) is 3.24. The molecule has 0 aliphatic rings. The Morgan fingerprint density at radius 1 is 1.13 bits per heavy atom. The minimum absolute atomic E-state index is 0.324. The lowest BCUT2D eigenvalue weighted by molar-refractivity contribution is 0.165. The highest BCUT2D eigenvalue weighted by molar-refractivity contribution is 7.46. The third-order valence-corrected chi connectivity index (χ3v) is 5.09. The van der Waals surface area contributed by atoms with Crippen LogP contribution in [0, 0.1) is 11.8 Å². The second kappa shape index (κ2) is 10.0. The summed E-state index contributed by atoms with van der Waals surface area (Å²) in [7, 11) is -4.67. The van der Waals surface area contributed by atoms with Gasteiger partial charge in [0.15, 0.2) is 0 Å². The van der Waals surface area contributed by atoms with Crippen molar-refractivity contribution in [2.75, 3.05) is 6.61 Å². The third kappa shape index (κ3) is 6.36. The van der Waals surface area contributed by atoms with E-state index in [0.29, 0.717) is 12.4 Å². The predicted octanol–water partition coefficient (Wildman–Crippen LogP) is 2.76. The van der Waals surface area contributed by atoms with Gasteiger partial charge in [0.1, 0.15) is 18.0 Å². The quantitative estimate of drug-likeness (QED) is 0.328. The van der Waals surface area contributed by atoms with Gasteiger partial charge in [0, 0.05) is 24.5 Å². The van der Waals surface area contributed by atoms with Crippen LogP contribution in [-0.4, -0.2) is 31.1 Å². The maximum absolute atomic E-state index is 11.2. The van der Waals surface area contributed by atoms with E-state index in [1.807, 2.05) is 48.5 Å². The van der Waals surface area contributed by atoms with Gasteiger partial charge in [0.2, 0.25) is 0 Å². The topological polar surface area (TPSA) is 131 Å². The molecule has 3 aromatic rings. The normalized spacial score (nSPS) is 13.3. The number of rotatable bonds is 7. The van der Waals surface area contributed by atoms with Crippen molar-refractivity contribution in [3.8, 4) is 23.0 Å². The standard InChI is InChI=1S/C22H24N3O5P/c1-16(26)22-24-12-13-25(22)21(15-30-31(27,28)29)11-6-17-2-7-19(8-3-17)20-9-4-18(14-23)5-10-20/h2-5,7-10,12-13,16,21,26H,14-15,23H2,1H3,(H2,27,28,29)/t16-,21-/m0/s1. The van der Waals surface area contributed by atoms with E-state index >= 15 is 0 Å².